The Balaban J connectivity index is 2.27. The van der Waals surface area contributed by atoms with Gasteiger partial charge in [0, 0.05) is 13.1 Å². The number of aromatic nitrogens is 4. The number of anilines is 1. The molecule has 1 aliphatic heterocycles. The van der Waals surface area contributed by atoms with E-state index in [4.69, 9.17) is 5.11 Å². The summed E-state index contributed by atoms with van der Waals surface area (Å²) in [6.45, 7) is -0.325. The number of rotatable bonds is 4. The standard InChI is InChI=1S/C8H13N5O4S/c1-12-8(9-10-11-12)13(4-7(14)15)6-2-3-18(16,17)5-6/h6H,2-5H2,1H3,(H,14,15). The summed E-state index contributed by atoms with van der Waals surface area (Å²) in [4.78, 5) is 12.3. The lowest BCUT2D eigenvalue weighted by molar-refractivity contribution is -0.135. The molecular weight excluding hydrogens is 262 g/mol. The second kappa shape index (κ2) is 4.52. The van der Waals surface area contributed by atoms with Gasteiger partial charge in [-0.25, -0.2) is 13.1 Å². The molecule has 0 aromatic carbocycles. The molecular formula is C8H13N5O4S. The van der Waals surface area contributed by atoms with Crippen molar-refractivity contribution in [1.29, 1.82) is 0 Å². The molecule has 1 aromatic rings. The van der Waals surface area contributed by atoms with Gasteiger partial charge in [-0.3, -0.25) is 4.79 Å². The summed E-state index contributed by atoms with van der Waals surface area (Å²) in [7, 11) is -1.52. The van der Waals surface area contributed by atoms with Crippen LogP contribution in [0.25, 0.3) is 0 Å². The van der Waals surface area contributed by atoms with Crippen molar-refractivity contribution < 1.29 is 18.3 Å². The maximum atomic E-state index is 11.5. The molecule has 0 bridgehead atoms. The highest BCUT2D eigenvalue weighted by Gasteiger charge is 2.35. The van der Waals surface area contributed by atoms with E-state index in [2.05, 4.69) is 15.5 Å². The minimum absolute atomic E-state index is 0.0624. The van der Waals surface area contributed by atoms with Crippen molar-refractivity contribution in [1.82, 2.24) is 20.2 Å². The van der Waals surface area contributed by atoms with Gasteiger partial charge < -0.3 is 10.0 Å². The number of carboxylic acid groups (broad SMARTS) is 1. The summed E-state index contributed by atoms with van der Waals surface area (Å²) in [5.41, 5.74) is 0. The molecule has 1 unspecified atom stereocenters. The number of tetrazole rings is 1. The van der Waals surface area contributed by atoms with Crippen LogP contribution in [0, 0.1) is 0 Å². The highest BCUT2D eigenvalue weighted by atomic mass is 32.2. The van der Waals surface area contributed by atoms with Crippen LogP contribution in [0.15, 0.2) is 0 Å². The van der Waals surface area contributed by atoms with Crippen molar-refractivity contribution in [3.05, 3.63) is 0 Å². The van der Waals surface area contributed by atoms with Gasteiger partial charge in [-0.15, -0.1) is 0 Å². The molecule has 1 saturated heterocycles. The highest BCUT2D eigenvalue weighted by Crippen LogP contribution is 2.21. The molecule has 1 N–H and O–H groups in total. The quantitative estimate of drug-likeness (QED) is 0.690. The van der Waals surface area contributed by atoms with Gasteiger partial charge in [0.15, 0.2) is 9.84 Å². The van der Waals surface area contributed by atoms with Gasteiger partial charge in [0.1, 0.15) is 6.54 Å². The molecule has 0 radical (unpaired) electrons. The Morgan fingerprint density at radius 2 is 2.33 bits per heavy atom. The number of carboxylic acids is 1. The van der Waals surface area contributed by atoms with Crippen molar-refractivity contribution in [2.45, 2.75) is 12.5 Å². The van der Waals surface area contributed by atoms with E-state index in [1.165, 1.54) is 9.58 Å². The van der Waals surface area contributed by atoms with E-state index in [0.717, 1.165) is 0 Å². The van der Waals surface area contributed by atoms with Crippen LogP contribution in [0.1, 0.15) is 6.42 Å². The largest absolute Gasteiger partial charge is 0.480 e. The van der Waals surface area contributed by atoms with Crippen LogP contribution < -0.4 is 4.90 Å². The van der Waals surface area contributed by atoms with Gasteiger partial charge >= 0.3 is 5.97 Å². The number of sulfone groups is 1. The maximum Gasteiger partial charge on any atom is 0.323 e. The average molecular weight is 275 g/mol. The summed E-state index contributed by atoms with van der Waals surface area (Å²) < 4.78 is 24.2. The normalized spacial score (nSPS) is 21.9. The lowest BCUT2D eigenvalue weighted by Crippen LogP contribution is -2.41. The molecule has 0 spiro atoms. The summed E-state index contributed by atoms with van der Waals surface area (Å²) in [6.07, 6.45) is 0.391. The van der Waals surface area contributed by atoms with E-state index in [9.17, 15) is 13.2 Å². The van der Waals surface area contributed by atoms with E-state index in [-0.39, 0.29) is 24.0 Å². The Hall–Kier alpha value is -1.71. The first kappa shape index (κ1) is 12.7. The second-order valence-corrected chi connectivity index (χ2v) is 6.41. The van der Waals surface area contributed by atoms with Crippen molar-refractivity contribution in [3.8, 4) is 0 Å². The van der Waals surface area contributed by atoms with Crippen molar-refractivity contribution in [2.75, 3.05) is 23.0 Å². The number of hydrogen-bond donors (Lipinski definition) is 1. The van der Waals surface area contributed by atoms with Gasteiger partial charge in [0.25, 0.3) is 0 Å². The molecule has 0 saturated carbocycles. The second-order valence-electron chi connectivity index (χ2n) is 4.18. The van der Waals surface area contributed by atoms with Crippen LogP contribution in [-0.4, -0.2) is 63.8 Å². The Kier molecular flexibility index (Phi) is 3.20. The van der Waals surface area contributed by atoms with E-state index in [0.29, 0.717) is 6.42 Å². The third kappa shape index (κ3) is 2.58. The molecule has 0 amide bonds. The van der Waals surface area contributed by atoms with Crippen LogP contribution in [0.5, 0.6) is 0 Å². The number of nitrogens with zero attached hydrogens (tertiary/aromatic N) is 5. The van der Waals surface area contributed by atoms with Crippen LogP contribution in [-0.2, 0) is 21.7 Å². The molecule has 0 aliphatic carbocycles. The smallest absolute Gasteiger partial charge is 0.323 e. The van der Waals surface area contributed by atoms with Crippen LogP contribution in [0.3, 0.4) is 0 Å². The molecule has 1 atom stereocenters. The molecule has 1 fully saturated rings. The lowest BCUT2D eigenvalue weighted by Gasteiger charge is -2.25. The molecule has 2 heterocycles. The predicted octanol–water partition coefficient (Wildman–Crippen LogP) is -1.71. The van der Waals surface area contributed by atoms with Gasteiger partial charge in [0.05, 0.1) is 11.5 Å². The first-order valence-corrected chi connectivity index (χ1v) is 7.12. The van der Waals surface area contributed by atoms with Crippen molar-refractivity contribution >= 4 is 21.8 Å². The van der Waals surface area contributed by atoms with E-state index in [1.54, 1.807) is 7.05 Å². The molecule has 18 heavy (non-hydrogen) atoms. The Morgan fingerprint density at radius 3 is 2.78 bits per heavy atom. The number of aliphatic carboxylic acids is 1. The molecule has 10 heteroatoms. The number of hydrogen-bond acceptors (Lipinski definition) is 7. The van der Waals surface area contributed by atoms with Crippen LogP contribution in [0.4, 0.5) is 5.95 Å². The molecule has 1 aromatic heterocycles. The minimum Gasteiger partial charge on any atom is -0.480 e. The predicted molar refractivity (Wildman–Crippen MR) is 60.8 cm³/mol. The van der Waals surface area contributed by atoms with E-state index >= 15 is 0 Å². The molecule has 1 aliphatic rings. The fourth-order valence-corrected chi connectivity index (χ4v) is 3.73. The SMILES string of the molecule is Cn1nnnc1N(CC(=O)O)C1CCS(=O)(=O)C1. The summed E-state index contributed by atoms with van der Waals surface area (Å²) in [5.74, 6) is -0.784. The summed E-state index contributed by atoms with van der Waals surface area (Å²) in [5, 5.41) is 19.7. The maximum absolute atomic E-state index is 11.5. The number of carbonyl (C=O) groups is 1. The first-order chi connectivity index (χ1) is 8.39. The van der Waals surface area contributed by atoms with Crippen LogP contribution in [0.2, 0.25) is 0 Å². The van der Waals surface area contributed by atoms with Crippen molar-refractivity contribution in [2.24, 2.45) is 7.05 Å². The Bertz CT molecular complexity index is 554. The Morgan fingerprint density at radius 1 is 1.61 bits per heavy atom. The Labute approximate surface area is 103 Å². The highest BCUT2D eigenvalue weighted by molar-refractivity contribution is 7.91. The lowest BCUT2D eigenvalue weighted by atomic mass is 10.2. The van der Waals surface area contributed by atoms with E-state index in [1.807, 2.05) is 0 Å². The zero-order valence-corrected chi connectivity index (χ0v) is 10.5. The average Bonchev–Trinajstić information content (AvgIpc) is 2.81. The number of aryl methyl sites for hydroxylation is 1. The van der Waals surface area contributed by atoms with Gasteiger partial charge in [-0.2, -0.15) is 0 Å². The zero-order valence-electron chi connectivity index (χ0n) is 9.72. The molecule has 2 rings (SSSR count). The summed E-state index contributed by atoms with van der Waals surface area (Å²) in [6, 6.07) is -0.393. The molecule has 100 valence electrons. The third-order valence-electron chi connectivity index (χ3n) is 2.81. The third-order valence-corrected chi connectivity index (χ3v) is 4.56. The summed E-state index contributed by atoms with van der Waals surface area (Å²) >= 11 is 0. The van der Waals surface area contributed by atoms with Gasteiger partial charge in [-0.1, -0.05) is 5.10 Å². The molecule has 9 nitrogen and oxygen atoms in total. The minimum atomic E-state index is -3.09. The van der Waals surface area contributed by atoms with Gasteiger partial charge in [-0.05, 0) is 16.8 Å². The van der Waals surface area contributed by atoms with Crippen molar-refractivity contribution in [3.63, 3.8) is 0 Å². The van der Waals surface area contributed by atoms with Gasteiger partial charge in [0.2, 0.25) is 5.95 Å². The fraction of sp³-hybridized carbons (Fsp3) is 0.750. The monoisotopic (exact) mass is 275 g/mol. The van der Waals surface area contributed by atoms with E-state index < -0.39 is 21.8 Å². The topological polar surface area (TPSA) is 118 Å². The van der Waals surface area contributed by atoms with Crippen LogP contribution >= 0.6 is 0 Å². The fourth-order valence-electron chi connectivity index (χ4n) is 2.00. The first-order valence-electron chi connectivity index (χ1n) is 5.30. The zero-order chi connectivity index (χ0) is 13.3.